The number of sulfone groups is 1. The van der Waals surface area contributed by atoms with E-state index < -0.39 is 79.8 Å². The zero-order valence-electron chi connectivity index (χ0n) is 30.6. The van der Waals surface area contributed by atoms with Gasteiger partial charge in [0.05, 0.1) is 17.5 Å². The van der Waals surface area contributed by atoms with Crippen LogP contribution in [0.15, 0.2) is 30.3 Å². The summed E-state index contributed by atoms with van der Waals surface area (Å²) in [6.45, 7) is 17.1. The largest absolute Gasteiger partial charge is 0.363 e. The summed E-state index contributed by atoms with van der Waals surface area (Å²) in [7, 11) is -3.63. The van der Waals surface area contributed by atoms with Gasteiger partial charge in [-0.2, -0.15) is 0 Å². The second-order valence-corrected chi connectivity index (χ2v) is 19.2. The molecule has 5 amide bonds. The first-order valence-electron chi connectivity index (χ1n) is 17.2. The van der Waals surface area contributed by atoms with Gasteiger partial charge in [0.2, 0.25) is 17.6 Å². The summed E-state index contributed by atoms with van der Waals surface area (Å²) in [5.74, 6) is -3.55. The predicted octanol–water partition coefficient (Wildman–Crippen LogP) is 3.33. The molecule has 1 saturated carbocycles. The molecule has 1 heterocycles. The van der Waals surface area contributed by atoms with E-state index in [9.17, 15) is 32.4 Å². The number of carbonyl (C=O) groups excluding carboxylic acids is 5. The van der Waals surface area contributed by atoms with Gasteiger partial charge in [-0.25, -0.2) is 13.2 Å². The lowest BCUT2D eigenvalue weighted by Crippen LogP contribution is -2.62. The summed E-state index contributed by atoms with van der Waals surface area (Å²) < 4.78 is 26.4. The van der Waals surface area contributed by atoms with Crippen LogP contribution in [0.25, 0.3) is 0 Å². The van der Waals surface area contributed by atoms with Gasteiger partial charge in [-0.05, 0) is 46.5 Å². The molecule has 2 aliphatic rings. The van der Waals surface area contributed by atoms with E-state index >= 15 is 0 Å². The van der Waals surface area contributed by atoms with Crippen LogP contribution in [0.5, 0.6) is 0 Å². The lowest BCUT2D eigenvalue weighted by atomic mass is 9.75. The van der Waals surface area contributed by atoms with E-state index in [0.29, 0.717) is 18.4 Å². The number of rotatable bonds is 13. The van der Waals surface area contributed by atoms with Crippen LogP contribution in [0, 0.1) is 28.1 Å². The van der Waals surface area contributed by atoms with E-state index in [-0.39, 0.29) is 29.9 Å². The minimum absolute atomic E-state index is 0.174. The molecule has 0 bridgehead atoms. The van der Waals surface area contributed by atoms with Crippen molar-refractivity contribution in [3.8, 4) is 0 Å². The first-order valence-corrected chi connectivity index (χ1v) is 19.0. The van der Waals surface area contributed by atoms with Gasteiger partial charge in [-0.3, -0.25) is 19.2 Å². The highest BCUT2D eigenvalue weighted by Gasteiger charge is 2.50. The molecule has 1 saturated heterocycles. The highest BCUT2D eigenvalue weighted by Crippen LogP contribution is 2.40. The Labute approximate surface area is 292 Å². The van der Waals surface area contributed by atoms with Gasteiger partial charge in [-0.15, -0.1) is 0 Å². The number of nitrogens with one attached hydrogen (secondary N) is 3. The van der Waals surface area contributed by atoms with Gasteiger partial charge in [-0.1, -0.05) is 105 Å². The molecule has 0 spiro atoms. The number of hydrogen-bond donors (Lipinski definition) is 4. The number of urea groups is 1. The predicted molar refractivity (Wildman–Crippen MR) is 189 cm³/mol. The fourth-order valence-corrected chi connectivity index (χ4v) is 8.32. The quantitative estimate of drug-likeness (QED) is 0.227. The highest BCUT2D eigenvalue weighted by molar-refractivity contribution is 7.90. The van der Waals surface area contributed by atoms with Crippen molar-refractivity contribution < 1.29 is 32.4 Å². The molecule has 2 unspecified atom stereocenters. The Morgan fingerprint density at radius 3 is 1.94 bits per heavy atom. The van der Waals surface area contributed by atoms with Crippen LogP contribution in [-0.4, -0.2) is 79.3 Å². The lowest BCUT2D eigenvalue weighted by Gasteiger charge is -2.39. The summed E-state index contributed by atoms with van der Waals surface area (Å²) in [5, 5.41) is 8.40. The fourth-order valence-electron chi connectivity index (χ4n) is 6.41. The van der Waals surface area contributed by atoms with Gasteiger partial charge in [0.15, 0.2) is 9.84 Å². The molecule has 5 atom stereocenters. The molecule has 12 nitrogen and oxygen atoms in total. The molecule has 1 aliphatic carbocycles. The molecule has 274 valence electrons. The summed E-state index contributed by atoms with van der Waals surface area (Å²) >= 11 is 0. The van der Waals surface area contributed by atoms with E-state index in [1.54, 1.807) is 45.0 Å². The van der Waals surface area contributed by atoms with Crippen LogP contribution in [0.4, 0.5) is 4.79 Å². The van der Waals surface area contributed by atoms with Gasteiger partial charge >= 0.3 is 6.03 Å². The van der Waals surface area contributed by atoms with Gasteiger partial charge < -0.3 is 26.6 Å². The number of hydrogen-bond acceptors (Lipinski definition) is 7. The first kappa shape index (κ1) is 40.0. The topological polar surface area (TPSA) is 185 Å². The van der Waals surface area contributed by atoms with E-state index in [4.69, 9.17) is 5.73 Å². The Morgan fingerprint density at radius 1 is 0.857 bits per heavy atom. The van der Waals surface area contributed by atoms with Crippen molar-refractivity contribution in [1.29, 1.82) is 0 Å². The summed E-state index contributed by atoms with van der Waals surface area (Å²) in [5.41, 5.74) is 4.12. The number of benzene rings is 1. The zero-order chi connectivity index (χ0) is 37.1. The van der Waals surface area contributed by atoms with Crippen LogP contribution in [0.3, 0.4) is 0 Å². The average molecular weight is 704 g/mol. The molecule has 49 heavy (non-hydrogen) atoms. The molecule has 0 aromatic heterocycles. The third kappa shape index (κ3) is 11.3. The minimum atomic E-state index is -3.63. The maximum atomic E-state index is 14.4. The molecule has 0 radical (unpaired) electrons. The van der Waals surface area contributed by atoms with Crippen LogP contribution in [0.2, 0.25) is 0 Å². The van der Waals surface area contributed by atoms with Crippen LogP contribution >= 0.6 is 0 Å². The lowest BCUT2D eigenvalue weighted by molar-refractivity contribution is -0.145. The van der Waals surface area contributed by atoms with Crippen LogP contribution < -0.4 is 21.7 Å². The van der Waals surface area contributed by atoms with Crippen molar-refractivity contribution in [3.63, 3.8) is 0 Å². The van der Waals surface area contributed by atoms with Crippen molar-refractivity contribution >= 4 is 39.4 Å². The average Bonchev–Trinajstić information content (AvgIpc) is 3.65. The molecular formula is C36H57N5O7S. The monoisotopic (exact) mass is 703 g/mol. The van der Waals surface area contributed by atoms with Crippen LogP contribution in [-0.2, 0) is 34.8 Å². The molecule has 13 heteroatoms. The van der Waals surface area contributed by atoms with Gasteiger partial charge in [0.1, 0.15) is 12.1 Å². The number of Topliss-reactive ketones (excluding diaryl/α,β-unsaturated/α-hetero) is 1. The van der Waals surface area contributed by atoms with Crippen molar-refractivity contribution in [3.05, 3.63) is 35.9 Å². The maximum Gasteiger partial charge on any atom is 0.315 e. The number of carbonyl (C=O) groups is 5. The van der Waals surface area contributed by atoms with E-state index in [1.807, 2.05) is 47.6 Å². The van der Waals surface area contributed by atoms with Crippen molar-refractivity contribution in [2.24, 2.45) is 33.8 Å². The first-order chi connectivity index (χ1) is 22.4. The Balaban J connectivity index is 1.85. The Hall–Kier alpha value is -3.48. The zero-order valence-corrected chi connectivity index (χ0v) is 31.4. The number of ketones is 1. The Kier molecular flexibility index (Phi) is 12.4. The third-order valence-corrected chi connectivity index (χ3v) is 11.2. The van der Waals surface area contributed by atoms with Crippen molar-refractivity contribution in [1.82, 2.24) is 20.9 Å². The fraction of sp³-hybridized carbons (Fsp3) is 0.694. The standard InChI is InChI=1S/C36H57N5O7S/c1-34(2,3)24-17-18-41(27(24)31(44)38-25(19-22-15-16-22)28(42)30(37)43)32(45)29(36(7,8)9)40-33(46)39-26(35(4,5)6)21-49(47,48)20-23-13-11-10-12-14-23/h10-14,22,24-27,29H,15-21H2,1-9H3,(H2,37,43)(H,38,44)(H2,39,40,46)/t24?,25?,26-,27+,29-/m1/s1. The summed E-state index contributed by atoms with van der Waals surface area (Å²) in [6, 6.07) is 4.22. The van der Waals surface area contributed by atoms with Gasteiger partial charge in [0.25, 0.3) is 5.91 Å². The van der Waals surface area contributed by atoms with Gasteiger partial charge in [0, 0.05) is 12.6 Å². The van der Waals surface area contributed by atoms with Crippen LogP contribution in [0.1, 0.15) is 93.6 Å². The van der Waals surface area contributed by atoms with Crippen molar-refractivity contribution in [2.75, 3.05) is 12.3 Å². The molecule has 2 fully saturated rings. The molecule has 1 aromatic carbocycles. The molecule has 1 aliphatic heterocycles. The second-order valence-electron chi connectivity index (χ2n) is 17.1. The smallest absolute Gasteiger partial charge is 0.315 e. The number of amides is 5. The van der Waals surface area contributed by atoms with Crippen molar-refractivity contribution in [2.45, 2.75) is 118 Å². The molecule has 1 aromatic rings. The highest BCUT2D eigenvalue weighted by atomic mass is 32.2. The molecule has 5 N–H and O–H groups in total. The van der Waals surface area contributed by atoms with E-state index in [1.165, 1.54) is 4.90 Å². The number of likely N-dealkylation sites (tertiary alicyclic amines) is 1. The Bertz CT molecular complexity index is 1490. The molecule has 3 rings (SSSR count). The number of primary amides is 1. The number of nitrogens with zero attached hydrogens (tertiary/aromatic N) is 1. The Morgan fingerprint density at radius 2 is 1.45 bits per heavy atom. The molecular weight excluding hydrogens is 646 g/mol. The summed E-state index contributed by atoms with van der Waals surface area (Å²) in [6.07, 6.45) is 2.61. The number of nitrogens with two attached hydrogens (primary N) is 1. The summed E-state index contributed by atoms with van der Waals surface area (Å²) in [4.78, 5) is 68.0. The normalized spacial score (nSPS) is 20.6. The van der Waals surface area contributed by atoms with E-state index in [2.05, 4.69) is 16.0 Å². The second kappa shape index (κ2) is 15.2. The third-order valence-electron chi connectivity index (χ3n) is 9.59. The minimum Gasteiger partial charge on any atom is -0.363 e. The SMILES string of the molecule is CC(C)(C)C1CCN(C(=O)[C@@H](NC(=O)N[C@H](CS(=O)(=O)Cc2ccccc2)C(C)(C)C)C(C)(C)C)[C@@H]1C(=O)NC(CC1CC1)C(=O)C(N)=O. The van der Waals surface area contributed by atoms with E-state index in [0.717, 1.165) is 12.8 Å². The maximum absolute atomic E-state index is 14.4.